The number of carbonyl (C=O) groups excluding carboxylic acids is 1. The van der Waals surface area contributed by atoms with Crippen molar-refractivity contribution < 1.29 is 13.7 Å². The fourth-order valence-electron chi connectivity index (χ4n) is 6.12. The molecule has 1 amide bonds. The molecule has 1 aromatic carbocycles. The van der Waals surface area contributed by atoms with E-state index < -0.39 is 15.5 Å². The minimum Gasteiger partial charge on any atom is -0.381 e. The maximum Gasteiger partial charge on any atom is 0.280 e. The third-order valence-electron chi connectivity index (χ3n) is 9.44. The summed E-state index contributed by atoms with van der Waals surface area (Å²) in [6.45, 7) is 10.8. The van der Waals surface area contributed by atoms with Crippen molar-refractivity contribution in [3.63, 3.8) is 0 Å². The van der Waals surface area contributed by atoms with Gasteiger partial charge in [-0.1, -0.05) is 65.9 Å². The number of nitrogens with zero attached hydrogens (tertiary/aromatic N) is 1. The summed E-state index contributed by atoms with van der Waals surface area (Å²) in [5.41, 5.74) is 5.35. The van der Waals surface area contributed by atoms with Crippen LogP contribution < -0.4 is 5.32 Å². The van der Waals surface area contributed by atoms with E-state index in [0.29, 0.717) is 43.5 Å². The summed E-state index contributed by atoms with van der Waals surface area (Å²) in [5, 5.41) is 3.66. The van der Waals surface area contributed by atoms with Crippen LogP contribution in [0, 0.1) is 5.92 Å². The number of benzene rings is 1. The van der Waals surface area contributed by atoms with Crippen LogP contribution in [0.5, 0.6) is 0 Å². The molecule has 2 saturated carbocycles. The highest BCUT2D eigenvalue weighted by molar-refractivity contribution is 7.85. The molecule has 1 aromatic heterocycles. The lowest BCUT2D eigenvalue weighted by atomic mass is 9.82. The predicted molar refractivity (Wildman–Crippen MR) is 162 cm³/mol. The first kappa shape index (κ1) is 28.9. The van der Waals surface area contributed by atoms with E-state index in [1.807, 2.05) is 0 Å². The van der Waals surface area contributed by atoms with Gasteiger partial charge in [-0.3, -0.25) is 9.00 Å². The van der Waals surface area contributed by atoms with Crippen LogP contribution in [0.3, 0.4) is 0 Å². The standard InChI is InChI=1S/C32H46N2O3S2/c1-30(2,3)24-18-23(19-25(20-24)31(4)11-12-31)27-26(17-22-9-7-6-8-10-22)34-29(38-27)28(35)33-21-32(39(5)36)13-15-37-16-14-32/h18-20,22H,6-17,21H2,1-5H3,(H,33,35). The van der Waals surface area contributed by atoms with Gasteiger partial charge in [0.05, 0.1) is 15.3 Å². The van der Waals surface area contributed by atoms with Crippen molar-refractivity contribution in [2.24, 2.45) is 5.92 Å². The zero-order valence-electron chi connectivity index (χ0n) is 24.5. The summed E-state index contributed by atoms with van der Waals surface area (Å²) in [4.78, 5) is 19.7. The minimum atomic E-state index is -1.05. The van der Waals surface area contributed by atoms with E-state index in [1.165, 1.54) is 73.0 Å². The van der Waals surface area contributed by atoms with Crippen LogP contribution in [0.15, 0.2) is 18.2 Å². The summed E-state index contributed by atoms with van der Waals surface area (Å²) < 4.78 is 17.8. The highest BCUT2D eigenvalue weighted by Gasteiger charge is 2.40. The van der Waals surface area contributed by atoms with E-state index in [9.17, 15) is 9.00 Å². The first-order valence-corrected chi connectivity index (χ1v) is 17.2. The lowest BCUT2D eigenvalue weighted by Crippen LogP contribution is -2.49. The quantitative estimate of drug-likeness (QED) is 0.373. The number of thiazole rings is 1. The molecule has 1 atom stereocenters. The number of carbonyl (C=O) groups is 1. The van der Waals surface area contributed by atoms with Gasteiger partial charge in [0, 0.05) is 36.8 Å². The molecule has 1 aliphatic heterocycles. The van der Waals surface area contributed by atoms with E-state index in [2.05, 4.69) is 51.2 Å². The fourth-order valence-corrected chi connectivity index (χ4v) is 8.13. The van der Waals surface area contributed by atoms with Crippen molar-refractivity contribution in [1.82, 2.24) is 10.3 Å². The fraction of sp³-hybridized carbons (Fsp3) is 0.688. The molecule has 5 rings (SSSR count). The Hall–Kier alpha value is -1.57. The molecular weight excluding hydrogens is 524 g/mol. The summed E-state index contributed by atoms with van der Waals surface area (Å²) in [6.07, 6.45) is 13.0. The Morgan fingerprint density at radius 1 is 1.10 bits per heavy atom. The van der Waals surface area contributed by atoms with Gasteiger partial charge >= 0.3 is 0 Å². The highest BCUT2D eigenvalue weighted by Crippen LogP contribution is 2.50. The van der Waals surface area contributed by atoms with Crippen molar-refractivity contribution in [2.75, 3.05) is 26.0 Å². The Morgan fingerprint density at radius 3 is 2.41 bits per heavy atom. The average Bonchev–Trinajstić information content (AvgIpc) is 3.54. The molecule has 1 saturated heterocycles. The molecule has 2 heterocycles. The molecule has 2 aliphatic carbocycles. The van der Waals surface area contributed by atoms with Gasteiger partial charge in [0.1, 0.15) is 0 Å². The summed E-state index contributed by atoms with van der Waals surface area (Å²) in [5.74, 6) is 0.489. The van der Waals surface area contributed by atoms with Crippen LogP contribution in [-0.4, -0.2) is 45.9 Å². The smallest absolute Gasteiger partial charge is 0.280 e. The molecule has 0 bridgehead atoms. The molecular formula is C32H46N2O3S2. The molecule has 39 heavy (non-hydrogen) atoms. The molecule has 214 valence electrons. The van der Waals surface area contributed by atoms with Crippen LogP contribution in [0.25, 0.3) is 10.4 Å². The normalized spacial score (nSPS) is 21.9. The number of ether oxygens (including phenoxy) is 1. The first-order valence-electron chi connectivity index (χ1n) is 14.8. The third-order valence-corrected chi connectivity index (χ3v) is 12.4. The Balaban J connectivity index is 1.48. The Morgan fingerprint density at radius 2 is 1.79 bits per heavy atom. The van der Waals surface area contributed by atoms with E-state index in [4.69, 9.17) is 9.72 Å². The van der Waals surface area contributed by atoms with E-state index >= 15 is 0 Å². The van der Waals surface area contributed by atoms with E-state index in [0.717, 1.165) is 17.0 Å². The first-order chi connectivity index (χ1) is 18.5. The molecule has 1 unspecified atom stereocenters. The summed E-state index contributed by atoms with van der Waals surface area (Å²) >= 11 is 1.54. The minimum absolute atomic E-state index is 0.0399. The van der Waals surface area contributed by atoms with Crippen LogP contribution >= 0.6 is 11.3 Å². The van der Waals surface area contributed by atoms with Crippen molar-refractivity contribution in [1.29, 1.82) is 0 Å². The summed E-state index contributed by atoms with van der Waals surface area (Å²) in [6, 6.07) is 7.12. The number of nitrogens with one attached hydrogen (secondary N) is 1. The number of rotatable bonds is 8. The molecule has 3 fully saturated rings. The van der Waals surface area contributed by atoms with Crippen LogP contribution in [0.4, 0.5) is 0 Å². The Kier molecular flexibility index (Phi) is 8.43. The molecule has 0 spiro atoms. The molecule has 2 aromatic rings. The maximum atomic E-state index is 13.5. The SMILES string of the molecule is CS(=O)C1(CNC(=O)c2nc(CC3CCCCC3)c(-c3cc(C(C)(C)C)cc(C4(C)CC4)c3)s2)CCOCC1. The lowest BCUT2D eigenvalue weighted by Gasteiger charge is -2.35. The average molecular weight is 571 g/mol. The van der Waals surface area contributed by atoms with Gasteiger partial charge < -0.3 is 10.1 Å². The molecule has 0 radical (unpaired) electrons. The van der Waals surface area contributed by atoms with Gasteiger partial charge in [-0.15, -0.1) is 11.3 Å². The highest BCUT2D eigenvalue weighted by atomic mass is 32.2. The Bertz CT molecular complexity index is 1190. The zero-order valence-corrected chi connectivity index (χ0v) is 26.1. The van der Waals surface area contributed by atoms with Crippen LogP contribution in [0.2, 0.25) is 0 Å². The third kappa shape index (κ3) is 6.51. The number of hydrogen-bond acceptors (Lipinski definition) is 5. The molecule has 3 aliphatic rings. The topological polar surface area (TPSA) is 68.3 Å². The molecule has 5 nitrogen and oxygen atoms in total. The number of amides is 1. The van der Waals surface area contributed by atoms with Crippen molar-refractivity contribution in [2.45, 2.75) is 107 Å². The van der Waals surface area contributed by atoms with E-state index in [1.54, 1.807) is 6.26 Å². The number of hydrogen-bond donors (Lipinski definition) is 1. The lowest BCUT2D eigenvalue weighted by molar-refractivity contribution is 0.0730. The second-order valence-electron chi connectivity index (χ2n) is 13.5. The summed E-state index contributed by atoms with van der Waals surface area (Å²) in [7, 11) is -1.05. The second-order valence-corrected chi connectivity index (χ2v) is 16.3. The van der Waals surface area contributed by atoms with Gasteiger partial charge in [0.2, 0.25) is 0 Å². The maximum absolute atomic E-state index is 13.5. The van der Waals surface area contributed by atoms with Crippen molar-refractivity contribution >= 4 is 28.0 Å². The second kappa shape index (κ2) is 11.4. The van der Waals surface area contributed by atoms with Gasteiger partial charge in [-0.25, -0.2) is 4.98 Å². The van der Waals surface area contributed by atoms with Crippen LogP contribution in [-0.2, 0) is 32.8 Å². The predicted octanol–water partition coefficient (Wildman–Crippen LogP) is 6.94. The van der Waals surface area contributed by atoms with Gasteiger partial charge in [0.25, 0.3) is 5.91 Å². The largest absolute Gasteiger partial charge is 0.381 e. The monoisotopic (exact) mass is 570 g/mol. The van der Waals surface area contributed by atoms with Gasteiger partial charge in [-0.2, -0.15) is 0 Å². The van der Waals surface area contributed by atoms with E-state index in [-0.39, 0.29) is 16.7 Å². The van der Waals surface area contributed by atoms with Crippen molar-refractivity contribution in [3.05, 3.63) is 40.0 Å². The van der Waals surface area contributed by atoms with Crippen LogP contribution in [0.1, 0.15) is 112 Å². The molecule has 1 N–H and O–H groups in total. The molecule has 7 heteroatoms. The zero-order chi connectivity index (χ0) is 27.8. The van der Waals surface area contributed by atoms with Gasteiger partial charge in [-0.05, 0) is 77.7 Å². The number of aromatic nitrogens is 1. The van der Waals surface area contributed by atoms with Crippen molar-refractivity contribution in [3.8, 4) is 10.4 Å². The van der Waals surface area contributed by atoms with Gasteiger partial charge in [0.15, 0.2) is 5.01 Å². The Labute approximate surface area is 241 Å².